The third-order valence-electron chi connectivity index (χ3n) is 3.37. The average Bonchev–Trinajstić information content (AvgIpc) is 2.61. The molecule has 0 spiro atoms. The number of hydrogen-bond acceptors (Lipinski definition) is 5. The number of anilines is 1. The maximum absolute atomic E-state index is 12.7. The summed E-state index contributed by atoms with van der Waals surface area (Å²) in [6.45, 7) is 0. The number of nitrogens with one attached hydrogen (secondary N) is 1. The normalized spacial score (nSPS) is 10.0. The van der Waals surface area contributed by atoms with Gasteiger partial charge in [0, 0.05) is 9.64 Å². The van der Waals surface area contributed by atoms with Gasteiger partial charge in [0.2, 0.25) is 0 Å². The number of carbonyl (C=O) groups is 1. The van der Waals surface area contributed by atoms with Crippen LogP contribution >= 0.6 is 22.6 Å². The monoisotopic (exact) mass is 443 g/mol. The molecule has 2 aromatic rings. The molecular weight excluding hydrogens is 425 g/mol. The van der Waals surface area contributed by atoms with Crippen LogP contribution in [0.4, 0.5) is 5.69 Å². The lowest BCUT2D eigenvalue weighted by atomic mass is 10.1. The van der Waals surface area contributed by atoms with Crippen LogP contribution in [0.25, 0.3) is 0 Å². The summed E-state index contributed by atoms with van der Waals surface area (Å²) in [6, 6.07) is 8.58. The third-order valence-corrected chi connectivity index (χ3v) is 4.27. The van der Waals surface area contributed by atoms with Gasteiger partial charge < -0.3 is 24.3 Å². The van der Waals surface area contributed by atoms with E-state index in [1.807, 2.05) is 0 Å². The van der Waals surface area contributed by atoms with Crippen LogP contribution in [-0.4, -0.2) is 34.3 Å². The van der Waals surface area contributed by atoms with E-state index >= 15 is 0 Å². The van der Waals surface area contributed by atoms with Crippen molar-refractivity contribution in [1.29, 1.82) is 0 Å². The standard InChI is InChI=1S/C17H18INO5/c1-21-10-5-6-14(22-2)13(7-10)19-17(20)11-8-15(23-3)16(24-4)9-12(11)18/h5-9H,1-4H3,(H,19,20). The van der Waals surface area contributed by atoms with Gasteiger partial charge in [-0.05, 0) is 46.9 Å². The molecule has 0 aliphatic heterocycles. The first kappa shape index (κ1) is 18.2. The van der Waals surface area contributed by atoms with E-state index in [0.717, 1.165) is 3.57 Å². The number of benzene rings is 2. The van der Waals surface area contributed by atoms with Crippen LogP contribution in [0.3, 0.4) is 0 Å². The van der Waals surface area contributed by atoms with E-state index in [1.54, 1.807) is 44.6 Å². The van der Waals surface area contributed by atoms with Gasteiger partial charge in [0.05, 0.1) is 39.7 Å². The highest BCUT2D eigenvalue weighted by atomic mass is 127. The predicted molar refractivity (Wildman–Crippen MR) is 99.8 cm³/mol. The van der Waals surface area contributed by atoms with Crippen molar-refractivity contribution in [3.05, 3.63) is 39.5 Å². The van der Waals surface area contributed by atoms with Gasteiger partial charge in [-0.15, -0.1) is 0 Å². The van der Waals surface area contributed by atoms with Crippen molar-refractivity contribution in [2.24, 2.45) is 0 Å². The number of hydrogen-bond donors (Lipinski definition) is 1. The lowest BCUT2D eigenvalue weighted by Crippen LogP contribution is -2.14. The Labute approximate surface area is 154 Å². The first-order valence-electron chi connectivity index (χ1n) is 6.99. The molecule has 0 unspecified atom stereocenters. The minimum atomic E-state index is -0.285. The molecular formula is C17H18INO5. The molecule has 7 heteroatoms. The van der Waals surface area contributed by atoms with Gasteiger partial charge in [0.1, 0.15) is 11.5 Å². The van der Waals surface area contributed by atoms with Gasteiger partial charge in [-0.2, -0.15) is 0 Å². The third kappa shape index (κ3) is 3.84. The molecule has 6 nitrogen and oxygen atoms in total. The number of halogens is 1. The topological polar surface area (TPSA) is 66.0 Å². The molecule has 1 amide bonds. The second kappa shape index (κ2) is 8.09. The SMILES string of the molecule is COc1ccc(OC)c(NC(=O)c2cc(OC)c(OC)cc2I)c1. The Morgan fingerprint density at radius 2 is 1.50 bits per heavy atom. The van der Waals surface area contributed by atoms with Crippen molar-refractivity contribution in [3.63, 3.8) is 0 Å². The van der Waals surface area contributed by atoms with Gasteiger partial charge >= 0.3 is 0 Å². The summed E-state index contributed by atoms with van der Waals surface area (Å²) in [7, 11) is 6.18. The quantitative estimate of drug-likeness (QED) is 0.692. The summed E-state index contributed by atoms with van der Waals surface area (Å²) < 4.78 is 21.7. The van der Waals surface area contributed by atoms with Crippen molar-refractivity contribution >= 4 is 34.2 Å². The fraction of sp³-hybridized carbons (Fsp3) is 0.235. The summed E-state index contributed by atoms with van der Waals surface area (Å²) >= 11 is 2.08. The summed E-state index contributed by atoms with van der Waals surface area (Å²) in [4.78, 5) is 12.7. The molecule has 24 heavy (non-hydrogen) atoms. The maximum Gasteiger partial charge on any atom is 0.256 e. The lowest BCUT2D eigenvalue weighted by molar-refractivity contribution is 0.102. The maximum atomic E-state index is 12.7. The molecule has 0 fully saturated rings. The van der Waals surface area contributed by atoms with Gasteiger partial charge in [0.25, 0.3) is 5.91 Å². The Morgan fingerprint density at radius 1 is 0.875 bits per heavy atom. The van der Waals surface area contributed by atoms with Crippen molar-refractivity contribution in [3.8, 4) is 23.0 Å². The number of carbonyl (C=O) groups excluding carboxylic acids is 1. The summed E-state index contributed by atoms with van der Waals surface area (Å²) in [5, 5.41) is 2.84. The van der Waals surface area contributed by atoms with E-state index < -0.39 is 0 Å². The van der Waals surface area contributed by atoms with Crippen molar-refractivity contribution in [2.75, 3.05) is 33.8 Å². The van der Waals surface area contributed by atoms with Crippen molar-refractivity contribution in [2.45, 2.75) is 0 Å². The number of methoxy groups -OCH3 is 4. The highest BCUT2D eigenvalue weighted by Crippen LogP contribution is 2.33. The van der Waals surface area contributed by atoms with Crippen LogP contribution in [0.1, 0.15) is 10.4 Å². The molecule has 128 valence electrons. The summed E-state index contributed by atoms with van der Waals surface area (Å²) in [5.41, 5.74) is 0.991. The van der Waals surface area contributed by atoms with Crippen molar-refractivity contribution < 1.29 is 23.7 Å². The van der Waals surface area contributed by atoms with E-state index in [0.29, 0.717) is 34.2 Å². The highest BCUT2D eigenvalue weighted by Gasteiger charge is 2.17. The van der Waals surface area contributed by atoms with Gasteiger partial charge in [-0.25, -0.2) is 0 Å². The molecule has 0 bridgehead atoms. The van der Waals surface area contributed by atoms with Gasteiger partial charge in [-0.3, -0.25) is 4.79 Å². The van der Waals surface area contributed by atoms with E-state index in [9.17, 15) is 4.79 Å². The molecule has 2 aromatic carbocycles. The molecule has 0 heterocycles. The molecule has 2 rings (SSSR count). The van der Waals surface area contributed by atoms with E-state index in [2.05, 4.69) is 27.9 Å². The van der Waals surface area contributed by atoms with Crippen molar-refractivity contribution in [1.82, 2.24) is 0 Å². The second-order valence-electron chi connectivity index (χ2n) is 4.71. The lowest BCUT2D eigenvalue weighted by Gasteiger charge is -2.14. The van der Waals surface area contributed by atoms with Crippen LogP contribution in [0.2, 0.25) is 0 Å². The Kier molecular flexibility index (Phi) is 6.13. The number of rotatable bonds is 6. The second-order valence-corrected chi connectivity index (χ2v) is 5.87. The molecule has 0 aliphatic rings. The van der Waals surface area contributed by atoms with Crippen LogP contribution in [0, 0.1) is 3.57 Å². The zero-order valence-electron chi connectivity index (χ0n) is 13.8. The summed E-state index contributed by atoms with van der Waals surface area (Å²) in [6.07, 6.45) is 0. The Morgan fingerprint density at radius 3 is 2.08 bits per heavy atom. The van der Waals surface area contributed by atoms with Crippen LogP contribution in [0.15, 0.2) is 30.3 Å². The van der Waals surface area contributed by atoms with E-state index in [1.165, 1.54) is 14.2 Å². The Bertz CT molecular complexity index is 748. The molecule has 0 saturated carbocycles. The molecule has 0 atom stereocenters. The van der Waals surface area contributed by atoms with Gasteiger partial charge in [-0.1, -0.05) is 0 Å². The molecule has 0 radical (unpaired) electrons. The molecule has 0 aliphatic carbocycles. The highest BCUT2D eigenvalue weighted by molar-refractivity contribution is 14.1. The smallest absolute Gasteiger partial charge is 0.256 e. The molecule has 0 saturated heterocycles. The number of amides is 1. The molecule has 1 N–H and O–H groups in total. The first-order valence-corrected chi connectivity index (χ1v) is 8.06. The first-order chi connectivity index (χ1) is 11.5. The number of ether oxygens (including phenoxy) is 4. The van der Waals surface area contributed by atoms with E-state index in [4.69, 9.17) is 18.9 Å². The van der Waals surface area contributed by atoms with Crippen LogP contribution < -0.4 is 24.3 Å². The fourth-order valence-electron chi connectivity index (χ4n) is 2.13. The Hall–Kier alpha value is -2.16. The van der Waals surface area contributed by atoms with Crippen LogP contribution in [0.5, 0.6) is 23.0 Å². The largest absolute Gasteiger partial charge is 0.497 e. The van der Waals surface area contributed by atoms with E-state index in [-0.39, 0.29) is 5.91 Å². The zero-order chi connectivity index (χ0) is 17.7. The minimum absolute atomic E-state index is 0.285. The predicted octanol–water partition coefficient (Wildman–Crippen LogP) is 3.58. The summed E-state index contributed by atoms with van der Waals surface area (Å²) in [5.74, 6) is 1.93. The van der Waals surface area contributed by atoms with Gasteiger partial charge in [0.15, 0.2) is 11.5 Å². The van der Waals surface area contributed by atoms with Crippen LogP contribution in [-0.2, 0) is 0 Å². The Balaban J connectivity index is 2.37. The minimum Gasteiger partial charge on any atom is -0.497 e. The zero-order valence-corrected chi connectivity index (χ0v) is 16.0. The molecule has 0 aromatic heterocycles. The average molecular weight is 443 g/mol. The fourth-order valence-corrected chi connectivity index (χ4v) is 2.81.